The Kier molecular flexibility index (Phi) is 5.53. The lowest BCUT2D eigenvalue weighted by atomic mass is 9.96. The van der Waals surface area contributed by atoms with Crippen LogP contribution in [0.15, 0.2) is 48.5 Å². The summed E-state index contributed by atoms with van der Waals surface area (Å²) in [6.45, 7) is 1.76. The third-order valence-corrected chi connectivity index (χ3v) is 5.81. The number of likely N-dealkylation sites (tertiary alicyclic amines) is 1. The number of carboxylic acid groups (broad SMARTS) is 1. The van der Waals surface area contributed by atoms with Gasteiger partial charge < -0.3 is 9.84 Å². The number of benzene rings is 2. The summed E-state index contributed by atoms with van der Waals surface area (Å²) >= 11 is 0. The van der Waals surface area contributed by atoms with Crippen molar-refractivity contribution in [2.45, 2.75) is 31.2 Å². The van der Waals surface area contributed by atoms with Gasteiger partial charge in [0.1, 0.15) is 17.4 Å². The number of halogens is 2. The second-order valence-corrected chi connectivity index (χ2v) is 7.67. The maximum Gasteiger partial charge on any atom is 0.328 e. The number of hydrogen-bond donors (Lipinski definition) is 1. The Bertz CT molecular complexity index is 945. The van der Waals surface area contributed by atoms with Crippen LogP contribution in [0.3, 0.4) is 0 Å². The van der Waals surface area contributed by atoms with Crippen molar-refractivity contribution in [3.8, 4) is 0 Å². The molecule has 2 aliphatic heterocycles. The summed E-state index contributed by atoms with van der Waals surface area (Å²) in [4.78, 5) is 28.3. The third-order valence-electron chi connectivity index (χ3n) is 5.81. The zero-order chi connectivity index (χ0) is 21.3. The number of rotatable bonds is 4. The standard InChI is InChI=1S/C22H22F2N2O4/c23-16-6-7-17(18(24)12-16)20(27)26-19(21(28)29)14-30-22(26)8-10-25(11-9-22)13-15-4-2-1-3-5-15/h1-7,12,19H,8-11,13-14H2,(H,28,29)/t19-/m1/s1. The molecule has 0 unspecified atom stereocenters. The van der Waals surface area contributed by atoms with E-state index in [1.807, 2.05) is 30.3 Å². The van der Waals surface area contributed by atoms with Crippen LogP contribution in [0.25, 0.3) is 0 Å². The van der Waals surface area contributed by atoms with Crippen LogP contribution in [0.5, 0.6) is 0 Å². The topological polar surface area (TPSA) is 70.1 Å². The van der Waals surface area contributed by atoms with Crippen molar-refractivity contribution in [2.75, 3.05) is 19.7 Å². The van der Waals surface area contributed by atoms with Crippen molar-refractivity contribution >= 4 is 11.9 Å². The molecule has 158 valence electrons. The number of aliphatic carboxylic acids is 1. The minimum atomic E-state index is -1.22. The van der Waals surface area contributed by atoms with Crippen LogP contribution in [-0.2, 0) is 16.1 Å². The van der Waals surface area contributed by atoms with Crippen molar-refractivity contribution in [3.05, 3.63) is 71.3 Å². The van der Waals surface area contributed by atoms with Gasteiger partial charge in [-0.25, -0.2) is 13.6 Å². The molecule has 2 saturated heterocycles. The van der Waals surface area contributed by atoms with Crippen LogP contribution < -0.4 is 0 Å². The van der Waals surface area contributed by atoms with Gasteiger partial charge in [-0.3, -0.25) is 14.6 Å². The summed E-state index contributed by atoms with van der Waals surface area (Å²) in [7, 11) is 0. The van der Waals surface area contributed by atoms with Gasteiger partial charge in [0.15, 0.2) is 6.04 Å². The Morgan fingerprint density at radius 2 is 1.80 bits per heavy atom. The van der Waals surface area contributed by atoms with Gasteiger partial charge in [0, 0.05) is 38.5 Å². The van der Waals surface area contributed by atoms with E-state index >= 15 is 0 Å². The van der Waals surface area contributed by atoms with Crippen molar-refractivity contribution < 1.29 is 28.2 Å². The van der Waals surface area contributed by atoms with Crippen LogP contribution in [0, 0.1) is 11.6 Å². The fourth-order valence-corrected chi connectivity index (χ4v) is 4.25. The number of ether oxygens (including phenoxy) is 1. The number of amides is 1. The van der Waals surface area contributed by atoms with Crippen LogP contribution in [0.4, 0.5) is 8.78 Å². The molecule has 1 N–H and O–H groups in total. The predicted molar refractivity (Wildman–Crippen MR) is 104 cm³/mol. The SMILES string of the molecule is O=C(O)[C@H]1COC2(CCN(Cc3ccccc3)CC2)N1C(=O)c1ccc(F)cc1F. The number of piperidine rings is 1. The van der Waals surface area contributed by atoms with Crippen LogP contribution >= 0.6 is 0 Å². The highest BCUT2D eigenvalue weighted by atomic mass is 19.1. The summed E-state index contributed by atoms with van der Waals surface area (Å²) in [5, 5.41) is 9.62. The highest BCUT2D eigenvalue weighted by molar-refractivity contribution is 5.97. The molecule has 0 aromatic heterocycles. The molecule has 2 aliphatic rings. The van der Waals surface area contributed by atoms with Crippen molar-refractivity contribution in [1.29, 1.82) is 0 Å². The first-order chi connectivity index (χ1) is 14.4. The zero-order valence-corrected chi connectivity index (χ0v) is 16.3. The Labute approximate surface area is 172 Å². The molecular weight excluding hydrogens is 394 g/mol. The van der Waals surface area contributed by atoms with E-state index in [0.29, 0.717) is 32.0 Å². The minimum absolute atomic E-state index is 0.164. The molecule has 2 fully saturated rings. The lowest BCUT2D eigenvalue weighted by Gasteiger charge is -2.44. The molecule has 8 heteroatoms. The second kappa shape index (κ2) is 8.12. The lowest BCUT2D eigenvalue weighted by molar-refractivity contribution is -0.144. The molecular formula is C22H22F2N2O4. The average Bonchev–Trinajstić information content (AvgIpc) is 3.09. The monoisotopic (exact) mass is 416 g/mol. The largest absolute Gasteiger partial charge is 0.480 e. The first-order valence-corrected chi connectivity index (χ1v) is 9.81. The predicted octanol–water partition coefficient (Wildman–Crippen LogP) is 2.88. The molecule has 6 nitrogen and oxygen atoms in total. The molecule has 1 spiro atoms. The molecule has 1 atom stereocenters. The van der Waals surface area contributed by atoms with Gasteiger partial charge in [-0.05, 0) is 17.7 Å². The number of carboxylic acids is 1. The number of carbonyl (C=O) groups excluding carboxylic acids is 1. The van der Waals surface area contributed by atoms with Crippen molar-refractivity contribution in [1.82, 2.24) is 9.80 Å². The van der Waals surface area contributed by atoms with Crippen LogP contribution in [0.1, 0.15) is 28.8 Å². The van der Waals surface area contributed by atoms with Gasteiger partial charge in [0.05, 0.1) is 12.2 Å². The molecule has 0 bridgehead atoms. The Morgan fingerprint density at radius 3 is 2.43 bits per heavy atom. The Morgan fingerprint density at radius 1 is 1.10 bits per heavy atom. The molecule has 2 heterocycles. The van der Waals surface area contributed by atoms with E-state index < -0.39 is 35.3 Å². The van der Waals surface area contributed by atoms with E-state index in [1.165, 1.54) is 0 Å². The number of hydrogen-bond acceptors (Lipinski definition) is 4. The zero-order valence-electron chi connectivity index (χ0n) is 16.3. The Balaban J connectivity index is 1.56. The maximum absolute atomic E-state index is 14.3. The second-order valence-electron chi connectivity index (χ2n) is 7.67. The van der Waals surface area contributed by atoms with E-state index in [9.17, 15) is 23.5 Å². The number of nitrogens with zero attached hydrogens (tertiary/aromatic N) is 2. The summed E-state index contributed by atoms with van der Waals surface area (Å²) < 4.78 is 33.4. The van der Waals surface area contributed by atoms with Gasteiger partial charge in [0.2, 0.25) is 0 Å². The normalized spacial score (nSPS) is 21.1. The smallest absolute Gasteiger partial charge is 0.328 e. The van der Waals surface area contributed by atoms with Gasteiger partial charge in [-0.15, -0.1) is 0 Å². The van der Waals surface area contributed by atoms with E-state index in [1.54, 1.807) is 0 Å². The molecule has 0 aliphatic carbocycles. The van der Waals surface area contributed by atoms with E-state index in [4.69, 9.17) is 4.74 Å². The molecule has 2 aromatic rings. The van der Waals surface area contributed by atoms with Crippen molar-refractivity contribution in [2.24, 2.45) is 0 Å². The first-order valence-electron chi connectivity index (χ1n) is 9.81. The summed E-state index contributed by atoms with van der Waals surface area (Å²) in [6, 6.07) is 11.4. The quantitative estimate of drug-likeness (QED) is 0.830. The molecule has 30 heavy (non-hydrogen) atoms. The summed E-state index contributed by atoms with van der Waals surface area (Å²) in [5.41, 5.74) is -0.321. The third kappa shape index (κ3) is 3.80. The molecule has 2 aromatic carbocycles. The highest BCUT2D eigenvalue weighted by Crippen LogP contribution is 2.39. The summed E-state index contributed by atoms with van der Waals surface area (Å²) in [5.74, 6) is -3.84. The molecule has 1 amide bonds. The van der Waals surface area contributed by atoms with Crippen LogP contribution in [-0.4, -0.2) is 58.2 Å². The minimum Gasteiger partial charge on any atom is -0.480 e. The van der Waals surface area contributed by atoms with E-state index in [2.05, 4.69) is 4.90 Å². The van der Waals surface area contributed by atoms with E-state index in [-0.39, 0.29) is 12.2 Å². The fourth-order valence-electron chi connectivity index (χ4n) is 4.25. The van der Waals surface area contributed by atoms with Crippen molar-refractivity contribution in [3.63, 3.8) is 0 Å². The Hall–Kier alpha value is -2.84. The van der Waals surface area contributed by atoms with Gasteiger partial charge in [-0.2, -0.15) is 0 Å². The van der Waals surface area contributed by atoms with Crippen LogP contribution in [0.2, 0.25) is 0 Å². The van der Waals surface area contributed by atoms with Gasteiger partial charge >= 0.3 is 5.97 Å². The molecule has 4 rings (SSSR count). The molecule has 0 radical (unpaired) electrons. The highest BCUT2D eigenvalue weighted by Gasteiger charge is 2.54. The average molecular weight is 416 g/mol. The first kappa shape index (κ1) is 20.4. The maximum atomic E-state index is 14.3. The van der Waals surface area contributed by atoms with Gasteiger partial charge in [-0.1, -0.05) is 30.3 Å². The summed E-state index contributed by atoms with van der Waals surface area (Å²) in [6.07, 6.45) is 0.802. The fraction of sp³-hybridized carbons (Fsp3) is 0.364. The number of carbonyl (C=O) groups is 2. The molecule has 0 saturated carbocycles. The van der Waals surface area contributed by atoms with E-state index in [0.717, 1.165) is 29.1 Å². The van der Waals surface area contributed by atoms with Gasteiger partial charge in [0.25, 0.3) is 5.91 Å². The lowest BCUT2D eigenvalue weighted by Crippen LogP contribution is -2.58.